The summed E-state index contributed by atoms with van der Waals surface area (Å²) in [5.41, 5.74) is 3.62. The van der Waals surface area contributed by atoms with Gasteiger partial charge < -0.3 is 15.0 Å². The molecule has 0 radical (unpaired) electrons. The zero-order chi connectivity index (χ0) is 27.7. The number of hydrogen-bond donors (Lipinski definition) is 1. The number of carbonyl (C=O) groups is 2. The van der Waals surface area contributed by atoms with Gasteiger partial charge in [-0.3, -0.25) is 4.79 Å². The van der Waals surface area contributed by atoms with Crippen molar-refractivity contribution in [1.82, 2.24) is 9.88 Å². The van der Waals surface area contributed by atoms with Crippen LogP contribution in [-0.2, 0) is 38.8 Å². The molecule has 0 atom stereocenters. The van der Waals surface area contributed by atoms with E-state index in [1.807, 2.05) is 24.3 Å². The summed E-state index contributed by atoms with van der Waals surface area (Å²) in [4.78, 5) is 33.3. The summed E-state index contributed by atoms with van der Waals surface area (Å²) >= 11 is 3.04. The maximum Gasteiger partial charge on any atom is 0.410 e. The molecular weight excluding hydrogens is 555 g/mol. The van der Waals surface area contributed by atoms with Crippen molar-refractivity contribution in [2.75, 3.05) is 18.5 Å². The highest BCUT2D eigenvalue weighted by Crippen LogP contribution is 2.45. The predicted octanol–water partition coefficient (Wildman–Crippen LogP) is 5.90. The van der Waals surface area contributed by atoms with Crippen LogP contribution in [0.4, 0.5) is 9.80 Å². The molecule has 0 spiro atoms. The standard InChI is InChI=1S/C28H29N3O5S3/c1-4-36-28(33)31-14-13-20-23(16-31)38-27(25(20)26-29-21-7-5-6-8-22(21)37-26)30-24(32)15-18-9-11-19(12-10-18)39(34,35)17(2)3/h5-12,17H,4,13-16H2,1-3H3,(H,30,32). The van der Waals surface area contributed by atoms with Gasteiger partial charge in [-0.1, -0.05) is 24.3 Å². The van der Waals surface area contributed by atoms with E-state index in [9.17, 15) is 18.0 Å². The molecule has 204 valence electrons. The number of nitrogens with one attached hydrogen (secondary N) is 1. The van der Waals surface area contributed by atoms with Gasteiger partial charge >= 0.3 is 6.09 Å². The number of nitrogens with zero attached hydrogens (tertiary/aromatic N) is 2. The molecular formula is C28H29N3O5S3. The Bertz CT molecular complexity index is 1610. The van der Waals surface area contributed by atoms with Gasteiger partial charge in [0.15, 0.2) is 9.84 Å². The van der Waals surface area contributed by atoms with Crippen LogP contribution >= 0.6 is 22.7 Å². The third-order valence-corrected chi connectivity index (χ3v) is 10.9. The average molecular weight is 584 g/mol. The maximum atomic E-state index is 13.2. The second-order valence-corrected chi connectivity index (χ2v) is 14.2. The van der Waals surface area contributed by atoms with Crippen molar-refractivity contribution in [3.8, 4) is 10.6 Å². The van der Waals surface area contributed by atoms with E-state index < -0.39 is 15.1 Å². The van der Waals surface area contributed by atoms with Crippen LogP contribution in [0.1, 0.15) is 36.8 Å². The molecule has 5 rings (SSSR count). The molecule has 1 aliphatic rings. The lowest BCUT2D eigenvalue weighted by molar-refractivity contribution is -0.115. The van der Waals surface area contributed by atoms with Crippen LogP contribution < -0.4 is 5.32 Å². The Morgan fingerprint density at radius 1 is 1.10 bits per heavy atom. The van der Waals surface area contributed by atoms with Gasteiger partial charge in [0, 0.05) is 17.0 Å². The number of anilines is 1. The van der Waals surface area contributed by atoms with E-state index in [-0.39, 0.29) is 23.3 Å². The molecule has 3 heterocycles. The molecule has 39 heavy (non-hydrogen) atoms. The van der Waals surface area contributed by atoms with Gasteiger partial charge in [0.05, 0.1) is 39.9 Å². The number of carbonyl (C=O) groups excluding carboxylic acids is 2. The van der Waals surface area contributed by atoms with Gasteiger partial charge in [0.2, 0.25) is 5.91 Å². The topological polar surface area (TPSA) is 106 Å². The lowest BCUT2D eigenvalue weighted by Crippen LogP contribution is -2.35. The summed E-state index contributed by atoms with van der Waals surface area (Å²) in [7, 11) is -3.38. The number of rotatable bonds is 7. The third-order valence-electron chi connectivity index (χ3n) is 6.58. The van der Waals surface area contributed by atoms with Crippen molar-refractivity contribution in [1.29, 1.82) is 0 Å². The van der Waals surface area contributed by atoms with E-state index in [1.54, 1.807) is 61.3 Å². The van der Waals surface area contributed by atoms with Gasteiger partial charge in [-0.05, 0) is 62.6 Å². The highest BCUT2D eigenvalue weighted by molar-refractivity contribution is 7.92. The first-order chi connectivity index (χ1) is 18.7. The van der Waals surface area contributed by atoms with Crippen molar-refractivity contribution in [3.63, 3.8) is 0 Å². The normalized spacial score (nSPS) is 13.5. The largest absolute Gasteiger partial charge is 0.450 e. The van der Waals surface area contributed by atoms with Gasteiger partial charge in [-0.2, -0.15) is 0 Å². The van der Waals surface area contributed by atoms with E-state index in [4.69, 9.17) is 9.72 Å². The summed E-state index contributed by atoms with van der Waals surface area (Å²) in [6.07, 6.45) is 0.391. The number of ether oxygens (including phenoxy) is 1. The van der Waals surface area contributed by atoms with Crippen LogP contribution in [0.25, 0.3) is 20.8 Å². The predicted molar refractivity (Wildman–Crippen MR) is 155 cm³/mol. The molecule has 2 aromatic carbocycles. The Hall–Kier alpha value is -3.28. The second kappa shape index (κ2) is 11.1. The van der Waals surface area contributed by atoms with Crippen LogP contribution in [0.15, 0.2) is 53.4 Å². The van der Waals surface area contributed by atoms with Crippen molar-refractivity contribution in [2.24, 2.45) is 0 Å². The maximum absolute atomic E-state index is 13.2. The lowest BCUT2D eigenvalue weighted by Gasteiger charge is -2.26. The van der Waals surface area contributed by atoms with Crippen molar-refractivity contribution in [2.45, 2.75) is 50.3 Å². The molecule has 0 aliphatic carbocycles. The monoisotopic (exact) mass is 583 g/mol. The van der Waals surface area contributed by atoms with E-state index in [2.05, 4.69) is 5.32 Å². The molecule has 0 unspecified atom stereocenters. The first-order valence-electron chi connectivity index (χ1n) is 12.7. The molecule has 0 fully saturated rings. The SMILES string of the molecule is CCOC(=O)N1CCc2c(sc(NC(=O)Cc3ccc(S(=O)(=O)C(C)C)cc3)c2-c2nc3ccccc3s2)C1. The number of thiophene rings is 1. The van der Waals surface area contributed by atoms with Crippen molar-refractivity contribution < 1.29 is 22.7 Å². The molecule has 1 aliphatic heterocycles. The minimum absolute atomic E-state index is 0.0960. The van der Waals surface area contributed by atoms with E-state index in [0.29, 0.717) is 36.7 Å². The Labute approximate surface area is 235 Å². The molecule has 1 N–H and O–H groups in total. The minimum atomic E-state index is -3.38. The number of sulfone groups is 1. The molecule has 2 aromatic heterocycles. The fourth-order valence-corrected chi connectivity index (χ4v) is 7.94. The number of benzene rings is 2. The molecule has 0 saturated heterocycles. The Morgan fingerprint density at radius 3 is 2.54 bits per heavy atom. The molecule has 2 amide bonds. The Kier molecular flexibility index (Phi) is 7.75. The van der Waals surface area contributed by atoms with Gasteiger partial charge in [-0.15, -0.1) is 22.7 Å². The number of amides is 2. The average Bonchev–Trinajstić information content (AvgIpc) is 3.49. The highest BCUT2D eigenvalue weighted by Gasteiger charge is 2.30. The number of aromatic nitrogens is 1. The molecule has 4 aromatic rings. The van der Waals surface area contributed by atoms with Gasteiger partial charge in [-0.25, -0.2) is 18.2 Å². The fraction of sp³-hybridized carbons (Fsp3) is 0.321. The summed E-state index contributed by atoms with van der Waals surface area (Å²) < 4.78 is 31.1. The zero-order valence-electron chi connectivity index (χ0n) is 21.9. The Balaban J connectivity index is 1.43. The van der Waals surface area contributed by atoms with E-state index in [1.165, 1.54) is 11.3 Å². The summed E-state index contributed by atoms with van der Waals surface area (Å²) in [6.45, 7) is 6.33. The van der Waals surface area contributed by atoms with Crippen molar-refractivity contribution >= 4 is 59.7 Å². The highest BCUT2D eigenvalue weighted by atomic mass is 32.2. The zero-order valence-corrected chi connectivity index (χ0v) is 24.3. The van der Waals surface area contributed by atoms with Gasteiger partial charge in [0.25, 0.3) is 0 Å². The third kappa shape index (κ3) is 5.57. The fourth-order valence-electron chi connectivity index (χ4n) is 4.49. The summed E-state index contributed by atoms with van der Waals surface area (Å²) in [6, 6.07) is 14.4. The van der Waals surface area contributed by atoms with E-state index in [0.717, 1.165) is 31.2 Å². The molecule has 11 heteroatoms. The van der Waals surface area contributed by atoms with Gasteiger partial charge in [0.1, 0.15) is 10.0 Å². The van der Waals surface area contributed by atoms with E-state index >= 15 is 0 Å². The first-order valence-corrected chi connectivity index (χ1v) is 15.9. The number of hydrogen-bond acceptors (Lipinski definition) is 8. The summed E-state index contributed by atoms with van der Waals surface area (Å²) in [5, 5.41) is 4.10. The quantitative estimate of drug-likeness (QED) is 0.290. The number of fused-ring (bicyclic) bond motifs is 2. The van der Waals surface area contributed by atoms with Crippen LogP contribution in [0, 0.1) is 0 Å². The first kappa shape index (κ1) is 27.3. The second-order valence-electron chi connectivity index (χ2n) is 9.53. The Morgan fingerprint density at radius 2 is 1.85 bits per heavy atom. The van der Waals surface area contributed by atoms with Crippen LogP contribution in [0.3, 0.4) is 0 Å². The van der Waals surface area contributed by atoms with Crippen LogP contribution in [0.2, 0.25) is 0 Å². The summed E-state index contributed by atoms with van der Waals surface area (Å²) in [5.74, 6) is -0.210. The van der Waals surface area contributed by atoms with Crippen LogP contribution in [0.5, 0.6) is 0 Å². The minimum Gasteiger partial charge on any atom is -0.450 e. The smallest absolute Gasteiger partial charge is 0.410 e. The molecule has 0 saturated carbocycles. The number of thiazole rings is 1. The molecule has 8 nitrogen and oxygen atoms in total. The molecule has 0 bridgehead atoms. The number of para-hydroxylation sites is 1. The van der Waals surface area contributed by atoms with Crippen molar-refractivity contribution in [3.05, 3.63) is 64.5 Å². The van der Waals surface area contributed by atoms with Crippen LogP contribution in [-0.4, -0.2) is 48.7 Å². The lowest BCUT2D eigenvalue weighted by atomic mass is 10.0.